The number of nitrogens with one attached hydrogen (secondary N) is 2. The van der Waals surface area contributed by atoms with Crippen LogP contribution in [0.25, 0.3) is 0 Å². The van der Waals surface area contributed by atoms with E-state index >= 15 is 0 Å². The van der Waals surface area contributed by atoms with E-state index in [1.54, 1.807) is 9.80 Å². The minimum atomic E-state index is -1.08. The monoisotopic (exact) mass is 1470 g/mol. The second-order valence-corrected chi connectivity index (χ2v) is 25.9. The highest BCUT2D eigenvalue weighted by molar-refractivity contribution is 5.81. The molecule has 2 aliphatic rings. The van der Waals surface area contributed by atoms with E-state index in [4.69, 9.17) is 45.5 Å². The van der Waals surface area contributed by atoms with E-state index in [1.807, 2.05) is 75.4 Å². The van der Waals surface area contributed by atoms with Crippen LogP contribution in [0.5, 0.6) is 0 Å². The second kappa shape index (κ2) is 52.5. The highest BCUT2D eigenvalue weighted by atomic mass is 16.5. The van der Waals surface area contributed by atoms with Crippen molar-refractivity contribution in [1.29, 1.82) is 0 Å². The molecule has 2 fully saturated rings. The number of ether oxygens (including phenoxy) is 2. The Morgan fingerprint density at radius 3 is 1.10 bits per heavy atom. The molecular formula is C75H115N15O15. The van der Waals surface area contributed by atoms with Crippen LogP contribution >= 0.6 is 0 Å². The quantitative estimate of drug-likeness (QED) is 0.0177. The summed E-state index contributed by atoms with van der Waals surface area (Å²) in [6.07, 6.45) is 14.6. The third-order valence-corrected chi connectivity index (χ3v) is 17.2. The Labute approximate surface area is 618 Å². The van der Waals surface area contributed by atoms with Crippen molar-refractivity contribution in [3.63, 3.8) is 0 Å². The van der Waals surface area contributed by atoms with E-state index in [1.165, 1.54) is 17.7 Å². The average Bonchev–Trinajstić information content (AvgIpc) is 0.822. The summed E-state index contributed by atoms with van der Waals surface area (Å²) in [6.45, 7) is 14.2. The van der Waals surface area contributed by atoms with E-state index in [-0.39, 0.29) is 137 Å². The Morgan fingerprint density at radius 1 is 0.400 bits per heavy atom. The van der Waals surface area contributed by atoms with Crippen LogP contribution in [0.1, 0.15) is 206 Å². The minimum absolute atomic E-state index is 0.0128. The van der Waals surface area contributed by atoms with Crippen molar-refractivity contribution in [2.45, 2.75) is 208 Å². The molecule has 0 saturated carbocycles. The largest absolute Gasteiger partial charge is 0.481 e. The van der Waals surface area contributed by atoms with E-state index in [9.17, 15) is 47.9 Å². The van der Waals surface area contributed by atoms with E-state index < -0.39 is 17.9 Å². The van der Waals surface area contributed by atoms with Gasteiger partial charge >= 0.3 is 29.8 Å². The van der Waals surface area contributed by atoms with Gasteiger partial charge in [-0.1, -0.05) is 133 Å². The SMILES string of the molecule is CCCCCC(=O)CCNc1nc(N(CCC(=O)CCCCC)CCC(=O)CCCCC)nc(N2CCN(C(=O)CCCC(=O)OCc3ccccc3)CC2)n1.CCCCN.O=C(O)CCNc1nc(N(CCC(=O)O)CCC(=O)O)nc(N2CCN(C(=O)CCCC(=O)OCc3ccccc3)CC2)n1. The Hall–Kier alpha value is -9.48. The van der Waals surface area contributed by atoms with Gasteiger partial charge in [-0.05, 0) is 56.2 Å². The predicted molar refractivity (Wildman–Crippen MR) is 401 cm³/mol. The molecule has 0 aliphatic carbocycles. The molecule has 30 nitrogen and oxygen atoms in total. The molecule has 4 heterocycles. The van der Waals surface area contributed by atoms with Crippen LogP contribution in [-0.4, -0.2) is 212 Å². The number of hydrogen-bond donors (Lipinski definition) is 6. The molecule has 2 amide bonds. The number of nitrogens with two attached hydrogens (primary N) is 1. The van der Waals surface area contributed by atoms with Gasteiger partial charge in [0.1, 0.15) is 30.6 Å². The molecule has 2 aromatic carbocycles. The maximum Gasteiger partial charge on any atom is 0.306 e. The molecule has 2 saturated heterocycles. The Morgan fingerprint density at radius 2 is 0.752 bits per heavy atom. The molecule has 6 rings (SSSR count). The van der Waals surface area contributed by atoms with Gasteiger partial charge in [-0.15, -0.1) is 0 Å². The summed E-state index contributed by atoms with van der Waals surface area (Å²) in [5.41, 5.74) is 6.95. The molecule has 0 bridgehead atoms. The highest BCUT2D eigenvalue weighted by Gasteiger charge is 2.28. The van der Waals surface area contributed by atoms with Crippen LogP contribution in [0, 0.1) is 0 Å². The number of carbonyl (C=O) groups is 10. The number of carboxylic acid groups (broad SMARTS) is 3. The average molecular weight is 1470 g/mol. The van der Waals surface area contributed by atoms with E-state index in [0.717, 1.165) is 75.5 Å². The molecule has 7 N–H and O–H groups in total. The van der Waals surface area contributed by atoms with Gasteiger partial charge in [0.2, 0.25) is 47.5 Å². The van der Waals surface area contributed by atoms with Crippen LogP contribution < -0.4 is 36.0 Å². The molecule has 2 aliphatic heterocycles. The van der Waals surface area contributed by atoms with Gasteiger partial charge in [-0.25, -0.2) is 0 Å². The van der Waals surface area contributed by atoms with Crippen LogP contribution in [0.2, 0.25) is 0 Å². The number of rotatable bonds is 50. The van der Waals surface area contributed by atoms with E-state index in [0.29, 0.717) is 141 Å². The van der Waals surface area contributed by atoms with Crippen molar-refractivity contribution < 1.29 is 72.7 Å². The number of piperazine rings is 2. The Kier molecular flexibility index (Phi) is 43.9. The van der Waals surface area contributed by atoms with Crippen molar-refractivity contribution in [3.8, 4) is 0 Å². The zero-order valence-corrected chi connectivity index (χ0v) is 62.4. The number of hydrogen-bond acceptors (Lipinski definition) is 25. The van der Waals surface area contributed by atoms with Gasteiger partial charge in [0.05, 0.1) is 19.3 Å². The number of esters is 2. The van der Waals surface area contributed by atoms with Gasteiger partial charge in [0.15, 0.2) is 0 Å². The summed E-state index contributed by atoms with van der Waals surface area (Å²) < 4.78 is 10.6. The molecule has 0 atom stereocenters. The third-order valence-electron chi connectivity index (χ3n) is 17.2. The second-order valence-electron chi connectivity index (χ2n) is 25.9. The first kappa shape index (κ1) is 87.9. The van der Waals surface area contributed by atoms with Crippen LogP contribution in [0.15, 0.2) is 60.7 Å². The first-order valence-corrected chi connectivity index (χ1v) is 37.6. The van der Waals surface area contributed by atoms with Crippen LogP contribution in [0.3, 0.4) is 0 Å². The molecule has 0 radical (unpaired) electrons. The minimum Gasteiger partial charge on any atom is -0.481 e. The lowest BCUT2D eigenvalue weighted by Crippen LogP contribution is -2.49. The zero-order valence-electron chi connectivity index (χ0n) is 62.4. The Bertz CT molecular complexity index is 3200. The molecule has 2 aromatic heterocycles. The molecule has 105 heavy (non-hydrogen) atoms. The van der Waals surface area contributed by atoms with Gasteiger partial charge in [0.25, 0.3) is 0 Å². The number of unbranched alkanes of at least 4 members (excludes halogenated alkanes) is 7. The summed E-state index contributed by atoms with van der Waals surface area (Å²) in [6, 6.07) is 18.8. The lowest BCUT2D eigenvalue weighted by Gasteiger charge is -2.35. The smallest absolute Gasteiger partial charge is 0.306 e. The molecule has 30 heteroatoms. The number of carboxylic acids is 3. The molecular weight excluding hydrogens is 1350 g/mol. The predicted octanol–water partition coefficient (Wildman–Crippen LogP) is 9.09. The number of Topliss-reactive ketones (excluding diaryl/α,β-unsaturated/α-hetero) is 3. The van der Waals surface area contributed by atoms with Crippen molar-refractivity contribution in [1.82, 2.24) is 39.7 Å². The van der Waals surface area contributed by atoms with Crippen molar-refractivity contribution >= 4 is 94.7 Å². The number of amides is 2. The number of anilines is 6. The fourth-order valence-corrected chi connectivity index (χ4v) is 10.9. The van der Waals surface area contributed by atoms with Crippen LogP contribution in [-0.2, 0) is 70.6 Å². The Balaban J connectivity index is 0.000000427. The maximum atomic E-state index is 13.1. The van der Waals surface area contributed by atoms with Gasteiger partial charge in [-0.3, -0.25) is 47.9 Å². The van der Waals surface area contributed by atoms with Crippen LogP contribution in [0.4, 0.5) is 35.7 Å². The fourth-order valence-electron chi connectivity index (χ4n) is 10.9. The molecule has 0 unspecified atom stereocenters. The maximum absolute atomic E-state index is 13.1. The van der Waals surface area contributed by atoms with Gasteiger partial charge < -0.3 is 70.6 Å². The van der Waals surface area contributed by atoms with Gasteiger partial charge in [0, 0.05) is 156 Å². The zero-order chi connectivity index (χ0) is 76.4. The topological polar surface area (TPSA) is 397 Å². The number of aromatic nitrogens is 6. The number of carbonyl (C=O) groups excluding carboxylic acids is 7. The summed E-state index contributed by atoms with van der Waals surface area (Å²) in [5, 5.41) is 33.4. The summed E-state index contributed by atoms with van der Waals surface area (Å²) in [7, 11) is 0. The van der Waals surface area contributed by atoms with Crippen molar-refractivity contribution in [2.24, 2.45) is 5.73 Å². The standard InChI is InChI=1S/C43H67N7O6.C28H37N7O9.C4H11N/c1-4-7-11-19-36(51)24-27-44-41-45-42(49(28-25-37(52)20-12-8-5-2)29-26-38(53)21-13-9-6-3)47-43(46-41)50-32-30-48(31-33-50)39(54)22-16-23-40(55)56-34-35-17-14-10-15-18-35;36-21(7-4-8-25(43)44-19-20-5-2-1-3-6-20)33-15-17-35(18-16-33)28-31-26(29-12-9-22(37)38)30-27(32-28)34(13-10-23(39)40)14-11-24(41)42;1-2-3-4-5/h10,14-15,17-18H,4-9,11-13,16,19-34H2,1-3H3,(H,44,45,46,47);1-3,5-6H,4,7-19H2,(H,37,38)(H,39,40)(H,41,42)(H,29,30,31,32);2-5H2,1H3. The molecule has 580 valence electrons. The number of nitrogens with zero attached hydrogens (tertiary/aromatic N) is 12. The van der Waals surface area contributed by atoms with Crippen molar-refractivity contribution in [2.75, 3.05) is 128 Å². The normalized spacial score (nSPS) is 12.5. The highest BCUT2D eigenvalue weighted by Crippen LogP contribution is 2.23. The van der Waals surface area contributed by atoms with Crippen molar-refractivity contribution in [3.05, 3.63) is 71.8 Å². The number of ketones is 3. The lowest BCUT2D eigenvalue weighted by molar-refractivity contribution is -0.146. The molecule has 4 aromatic rings. The summed E-state index contributed by atoms with van der Waals surface area (Å²) in [5.74, 6) is -1.97. The summed E-state index contributed by atoms with van der Waals surface area (Å²) in [4.78, 5) is 160. The van der Waals surface area contributed by atoms with E-state index in [2.05, 4.69) is 53.3 Å². The number of aliphatic carboxylic acids is 3. The molecule has 0 spiro atoms. The first-order valence-electron chi connectivity index (χ1n) is 37.6. The third kappa shape index (κ3) is 38.2. The lowest BCUT2D eigenvalue weighted by atomic mass is 10.1. The number of benzene rings is 2. The fraction of sp³-hybridized carbons (Fsp3) is 0.627. The first-order chi connectivity index (χ1) is 50.7. The van der Waals surface area contributed by atoms with Gasteiger partial charge in [-0.2, -0.15) is 29.9 Å². The summed E-state index contributed by atoms with van der Waals surface area (Å²) >= 11 is 0.